The maximum absolute atomic E-state index is 12.9. The van der Waals surface area contributed by atoms with Gasteiger partial charge in [0, 0.05) is 12.5 Å². The van der Waals surface area contributed by atoms with Crippen LogP contribution in [0.1, 0.15) is 18.4 Å². The van der Waals surface area contributed by atoms with Crippen LogP contribution in [0.4, 0.5) is 4.39 Å². The number of amides is 1. The van der Waals surface area contributed by atoms with E-state index in [0.29, 0.717) is 12.1 Å². The van der Waals surface area contributed by atoms with Crippen molar-refractivity contribution in [3.05, 3.63) is 29.6 Å². The van der Waals surface area contributed by atoms with Crippen molar-refractivity contribution in [2.45, 2.75) is 19.4 Å². The molecule has 4 heteroatoms. The van der Waals surface area contributed by atoms with E-state index in [4.69, 9.17) is 5.11 Å². The lowest BCUT2D eigenvalue weighted by Gasteiger charge is -2.04. The van der Waals surface area contributed by atoms with E-state index in [-0.39, 0.29) is 17.6 Å². The van der Waals surface area contributed by atoms with Crippen molar-refractivity contribution >= 4 is 5.91 Å². The van der Waals surface area contributed by atoms with Crippen LogP contribution < -0.4 is 5.32 Å². The van der Waals surface area contributed by atoms with Crippen LogP contribution in [0.5, 0.6) is 5.75 Å². The van der Waals surface area contributed by atoms with Gasteiger partial charge >= 0.3 is 0 Å². The van der Waals surface area contributed by atoms with Crippen LogP contribution >= 0.6 is 0 Å². The average Bonchev–Trinajstić information content (AvgIpc) is 3.03. The molecule has 0 bridgehead atoms. The number of nitrogens with one attached hydrogen (secondary N) is 1. The van der Waals surface area contributed by atoms with Crippen molar-refractivity contribution in [1.29, 1.82) is 0 Å². The first-order valence-electron chi connectivity index (χ1n) is 4.92. The molecule has 0 radical (unpaired) electrons. The second-order valence-corrected chi connectivity index (χ2v) is 3.78. The number of carbonyl (C=O) groups excluding carboxylic acids is 1. The molecule has 1 aliphatic rings. The number of hydrogen-bond donors (Lipinski definition) is 2. The number of phenols is 1. The van der Waals surface area contributed by atoms with Crippen LogP contribution in [0.25, 0.3) is 0 Å². The molecule has 0 unspecified atom stereocenters. The molecule has 3 nitrogen and oxygen atoms in total. The molecule has 1 aromatic carbocycles. The fraction of sp³-hybridized carbons (Fsp3) is 0.364. The van der Waals surface area contributed by atoms with Gasteiger partial charge in [0.25, 0.3) is 0 Å². The van der Waals surface area contributed by atoms with Crippen LogP contribution in [0, 0.1) is 11.7 Å². The third kappa shape index (κ3) is 2.46. The Bertz CT molecular complexity index is 388. The highest BCUT2D eigenvalue weighted by atomic mass is 19.1. The van der Waals surface area contributed by atoms with Gasteiger partial charge in [-0.1, -0.05) is 6.07 Å². The highest BCUT2D eigenvalue weighted by molar-refractivity contribution is 5.80. The van der Waals surface area contributed by atoms with Crippen LogP contribution in [0.2, 0.25) is 0 Å². The fourth-order valence-corrected chi connectivity index (χ4v) is 1.34. The molecular weight excluding hydrogens is 197 g/mol. The molecule has 0 aromatic heterocycles. The minimum Gasteiger partial charge on any atom is -0.505 e. The molecule has 1 saturated carbocycles. The maximum Gasteiger partial charge on any atom is 0.223 e. The summed E-state index contributed by atoms with van der Waals surface area (Å²) in [5.41, 5.74) is 0.652. The summed E-state index contributed by atoms with van der Waals surface area (Å²) in [5, 5.41) is 11.7. The molecule has 1 aliphatic carbocycles. The van der Waals surface area contributed by atoms with Crippen LogP contribution in [-0.2, 0) is 11.3 Å². The van der Waals surface area contributed by atoms with Crippen LogP contribution in [-0.4, -0.2) is 11.0 Å². The van der Waals surface area contributed by atoms with Crippen LogP contribution in [0.3, 0.4) is 0 Å². The van der Waals surface area contributed by atoms with Gasteiger partial charge in [-0.3, -0.25) is 4.79 Å². The van der Waals surface area contributed by atoms with Crippen molar-refractivity contribution in [1.82, 2.24) is 5.32 Å². The Morgan fingerprint density at radius 1 is 1.53 bits per heavy atom. The van der Waals surface area contributed by atoms with E-state index >= 15 is 0 Å². The monoisotopic (exact) mass is 209 g/mol. The van der Waals surface area contributed by atoms with Crippen molar-refractivity contribution in [2.75, 3.05) is 0 Å². The topological polar surface area (TPSA) is 49.3 Å². The summed E-state index contributed by atoms with van der Waals surface area (Å²) in [6.07, 6.45) is 1.91. The van der Waals surface area contributed by atoms with Gasteiger partial charge in [0.15, 0.2) is 11.6 Å². The summed E-state index contributed by atoms with van der Waals surface area (Å²) >= 11 is 0. The molecule has 0 aliphatic heterocycles. The maximum atomic E-state index is 12.9. The first kappa shape index (κ1) is 9.96. The first-order chi connectivity index (χ1) is 7.16. The van der Waals surface area contributed by atoms with E-state index in [9.17, 15) is 9.18 Å². The number of halogens is 1. The fourth-order valence-electron chi connectivity index (χ4n) is 1.34. The molecular formula is C11H12FNO2. The predicted molar refractivity (Wildman–Crippen MR) is 52.6 cm³/mol. The lowest BCUT2D eigenvalue weighted by Crippen LogP contribution is -2.24. The molecule has 2 rings (SSSR count). The van der Waals surface area contributed by atoms with Gasteiger partial charge in [0.2, 0.25) is 5.91 Å². The Hall–Kier alpha value is -1.58. The molecule has 0 atom stereocenters. The molecule has 1 aromatic rings. The van der Waals surface area contributed by atoms with Crippen molar-refractivity contribution in [2.24, 2.45) is 5.92 Å². The third-order valence-corrected chi connectivity index (χ3v) is 2.43. The molecule has 0 saturated heterocycles. The van der Waals surface area contributed by atoms with E-state index in [1.54, 1.807) is 6.07 Å². The van der Waals surface area contributed by atoms with Crippen molar-refractivity contribution in [3.63, 3.8) is 0 Å². The van der Waals surface area contributed by atoms with Gasteiger partial charge in [-0.05, 0) is 30.5 Å². The largest absolute Gasteiger partial charge is 0.505 e. The smallest absolute Gasteiger partial charge is 0.223 e. The Labute approximate surface area is 86.9 Å². The molecule has 1 fully saturated rings. The zero-order valence-electron chi connectivity index (χ0n) is 8.16. The second-order valence-electron chi connectivity index (χ2n) is 3.78. The lowest BCUT2D eigenvalue weighted by molar-refractivity contribution is -0.122. The van der Waals surface area contributed by atoms with Gasteiger partial charge < -0.3 is 10.4 Å². The van der Waals surface area contributed by atoms with Gasteiger partial charge in [-0.15, -0.1) is 0 Å². The summed E-state index contributed by atoms with van der Waals surface area (Å²) in [6.45, 7) is 0.312. The number of hydrogen-bond acceptors (Lipinski definition) is 2. The van der Waals surface area contributed by atoms with E-state index in [1.807, 2.05) is 0 Å². The third-order valence-electron chi connectivity index (χ3n) is 2.43. The van der Waals surface area contributed by atoms with E-state index < -0.39 is 5.82 Å². The van der Waals surface area contributed by atoms with Gasteiger partial charge in [-0.2, -0.15) is 0 Å². The number of benzene rings is 1. The highest BCUT2D eigenvalue weighted by Crippen LogP contribution is 2.28. The number of carbonyl (C=O) groups is 1. The van der Waals surface area contributed by atoms with Crippen molar-refractivity contribution < 1.29 is 14.3 Å². The minimum atomic E-state index is -0.659. The summed E-state index contributed by atoms with van der Waals surface area (Å²) in [4.78, 5) is 11.3. The molecule has 2 N–H and O–H groups in total. The highest BCUT2D eigenvalue weighted by Gasteiger charge is 2.29. The summed E-state index contributed by atoms with van der Waals surface area (Å²) in [7, 11) is 0. The molecule has 0 heterocycles. The van der Waals surface area contributed by atoms with Crippen LogP contribution in [0.15, 0.2) is 18.2 Å². The minimum absolute atomic E-state index is 0.0310. The zero-order valence-corrected chi connectivity index (χ0v) is 8.16. The van der Waals surface area contributed by atoms with Gasteiger partial charge in [0.1, 0.15) is 0 Å². The number of phenolic OH excluding ortho intramolecular Hbond substituents is 1. The summed E-state index contributed by atoms with van der Waals surface area (Å²) < 4.78 is 12.9. The van der Waals surface area contributed by atoms with E-state index in [2.05, 4.69) is 5.32 Å². The zero-order chi connectivity index (χ0) is 10.8. The Kier molecular flexibility index (Phi) is 2.58. The average molecular weight is 209 g/mol. The summed E-state index contributed by atoms with van der Waals surface area (Å²) in [6, 6.07) is 4.10. The Balaban J connectivity index is 1.92. The molecule has 0 spiro atoms. The second kappa shape index (κ2) is 3.88. The molecule has 80 valence electrons. The standard InChI is InChI=1S/C11H12FNO2/c12-9-5-7(1-4-10(9)14)6-13-11(15)8-2-3-8/h1,4-5,8,14H,2-3,6H2,(H,13,15). The molecule has 1 amide bonds. The Morgan fingerprint density at radius 2 is 2.27 bits per heavy atom. The van der Waals surface area contributed by atoms with Crippen molar-refractivity contribution in [3.8, 4) is 5.75 Å². The van der Waals surface area contributed by atoms with Gasteiger partial charge in [0.05, 0.1) is 0 Å². The summed E-state index contributed by atoms with van der Waals surface area (Å²) in [5.74, 6) is -0.837. The van der Waals surface area contributed by atoms with E-state index in [0.717, 1.165) is 12.8 Å². The lowest BCUT2D eigenvalue weighted by atomic mass is 10.2. The first-order valence-corrected chi connectivity index (χ1v) is 4.92. The Morgan fingerprint density at radius 3 is 2.87 bits per heavy atom. The SMILES string of the molecule is O=C(NCc1ccc(O)c(F)c1)C1CC1. The quantitative estimate of drug-likeness (QED) is 0.793. The van der Waals surface area contributed by atoms with E-state index in [1.165, 1.54) is 12.1 Å². The normalized spacial score (nSPS) is 15.0. The van der Waals surface area contributed by atoms with Gasteiger partial charge in [-0.25, -0.2) is 4.39 Å². The number of aromatic hydroxyl groups is 1. The molecule has 15 heavy (non-hydrogen) atoms. The predicted octanol–water partition coefficient (Wildman–Crippen LogP) is 1.56. The number of rotatable bonds is 3.